The van der Waals surface area contributed by atoms with Gasteiger partial charge in [0, 0.05) is 11.6 Å². The first-order valence-corrected chi connectivity index (χ1v) is 9.87. The molecule has 3 aromatic rings. The fourth-order valence-electron chi connectivity index (χ4n) is 2.99. The first kappa shape index (κ1) is 19.6. The third kappa shape index (κ3) is 3.88. The highest BCUT2D eigenvalue weighted by molar-refractivity contribution is 8.19. The lowest BCUT2D eigenvalue weighted by Crippen LogP contribution is -2.29. The van der Waals surface area contributed by atoms with Crippen LogP contribution >= 0.6 is 11.8 Å². The maximum absolute atomic E-state index is 12.9. The van der Waals surface area contributed by atoms with Crippen LogP contribution in [0.4, 0.5) is 5.69 Å². The van der Waals surface area contributed by atoms with E-state index in [0.717, 1.165) is 28.6 Å². The summed E-state index contributed by atoms with van der Waals surface area (Å²) in [6.07, 6.45) is 1.10. The van der Waals surface area contributed by atoms with Crippen LogP contribution in [0.15, 0.2) is 88.8 Å². The number of carbonyl (C=O) groups is 3. The lowest BCUT2D eigenvalue weighted by Gasteiger charge is -2.15. The van der Waals surface area contributed by atoms with Gasteiger partial charge in [-0.2, -0.15) is 4.99 Å². The summed E-state index contributed by atoms with van der Waals surface area (Å²) < 4.78 is 4.62. The highest BCUT2D eigenvalue weighted by atomic mass is 32.2. The molecule has 0 atom stereocenters. The van der Waals surface area contributed by atoms with E-state index in [1.807, 2.05) is 36.4 Å². The molecule has 2 amide bonds. The first-order valence-electron chi connectivity index (χ1n) is 9.05. The second kappa shape index (κ2) is 8.34. The number of thioether (sulfide) groups is 1. The highest BCUT2D eigenvalue weighted by Crippen LogP contribution is 2.35. The van der Waals surface area contributed by atoms with Crippen LogP contribution in [0.5, 0.6) is 0 Å². The molecule has 0 N–H and O–H groups in total. The van der Waals surface area contributed by atoms with Crippen molar-refractivity contribution in [1.82, 2.24) is 0 Å². The maximum atomic E-state index is 12.9. The van der Waals surface area contributed by atoms with E-state index in [-0.39, 0.29) is 10.1 Å². The molecule has 0 aromatic heterocycles. The van der Waals surface area contributed by atoms with Gasteiger partial charge in [0.1, 0.15) is 0 Å². The number of esters is 1. The van der Waals surface area contributed by atoms with E-state index < -0.39 is 17.8 Å². The predicted octanol–water partition coefficient (Wildman–Crippen LogP) is 4.17. The number of fused-ring (bicyclic) bond motifs is 1. The average Bonchev–Trinajstić information content (AvgIpc) is 3.08. The number of hydrogen-bond donors (Lipinski definition) is 0. The summed E-state index contributed by atoms with van der Waals surface area (Å²) >= 11 is 0.958. The minimum absolute atomic E-state index is 0.135. The summed E-state index contributed by atoms with van der Waals surface area (Å²) in [6.45, 7) is 0. The van der Waals surface area contributed by atoms with Crippen LogP contribution in [0.1, 0.15) is 10.4 Å². The van der Waals surface area contributed by atoms with Crippen LogP contribution in [0.2, 0.25) is 0 Å². The van der Waals surface area contributed by atoms with Crippen LogP contribution in [0, 0.1) is 0 Å². The molecular weight excluding hydrogens is 400 g/mol. The lowest BCUT2D eigenvalue weighted by atomic mass is 10.1. The largest absolute Gasteiger partial charge is 0.466 e. The van der Waals surface area contributed by atoms with Crippen LogP contribution in [0.25, 0.3) is 10.8 Å². The Morgan fingerprint density at radius 1 is 0.967 bits per heavy atom. The second-order valence-electron chi connectivity index (χ2n) is 6.37. The predicted molar refractivity (Wildman–Crippen MR) is 117 cm³/mol. The maximum Gasteiger partial charge on any atom is 0.331 e. The van der Waals surface area contributed by atoms with E-state index in [1.165, 1.54) is 12.0 Å². The first-order chi connectivity index (χ1) is 14.6. The molecule has 0 spiro atoms. The molecule has 6 nitrogen and oxygen atoms in total. The molecule has 3 aromatic carbocycles. The molecule has 4 rings (SSSR count). The number of hydrogen-bond acceptors (Lipinski definition) is 5. The van der Waals surface area contributed by atoms with E-state index in [0.29, 0.717) is 11.3 Å². The third-order valence-corrected chi connectivity index (χ3v) is 5.43. The zero-order valence-electron chi connectivity index (χ0n) is 15.9. The van der Waals surface area contributed by atoms with Crippen LogP contribution in [-0.4, -0.2) is 30.1 Å². The Kier molecular flexibility index (Phi) is 5.45. The molecule has 30 heavy (non-hydrogen) atoms. The zero-order chi connectivity index (χ0) is 21.1. The van der Waals surface area contributed by atoms with Gasteiger partial charge in [0.05, 0.1) is 17.7 Å². The normalized spacial score (nSPS) is 16.4. The second-order valence-corrected chi connectivity index (χ2v) is 7.38. The molecule has 1 aliphatic rings. The highest BCUT2D eigenvalue weighted by Gasteiger charge is 2.36. The summed E-state index contributed by atoms with van der Waals surface area (Å²) in [4.78, 5) is 43.1. The fraction of sp³-hybridized carbons (Fsp3) is 0.0435. The smallest absolute Gasteiger partial charge is 0.331 e. The molecule has 0 saturated carbocycles. The summed E-state index contributed by atoms with van der Waals surface area (Å²) in [7, 11) is 1.23. The lowest BCUT2D eigenvalue weighted by molar-refractivity contribution is -0.135. The van der Waals surface area contributed by atoms with Crippen molar-refractivity contribution in [1.29, 1.82) is 0 Å². The Balaban J connectivity index is 1.73. The van der Waals surface area contributed by atoms with Crippen molar-refractivity contribution in [3.05, 3.63) is 89.3 Å². The van der Waals surface area contributed by atoms with Crippen molar-refractivity contribution in [3.63, 3.8) is 0 Å². The summed E-state index contributed by atoms with van der Waals surface area (Å²) in [5, 5.41) is 2.12. The van der Waals surface area contributed by atoms with Gasteiger partial charge in [-0.15, -0.1) is 0 Å². The Labute approximate surface area is 176 Å². The van der Waals surface area contributed by atoms with Gasteiger partial charge in [-0.3, -0.25) is 14.5 Å². The molecule has 7 heteroatoms. The summed E-state index contributed by atoms with van der Waals surface area (Å²) in [5.41, 5.74) is 0.959. The van der Waals surface area contributed by atoms with Crippen molar-refractivity contribution in [2.75, 3.05) is 12.0 Å². The van der Waals surface area contributed by atoms with Crippen molar-refractivity contribution < 1.29 is 19.1 Å². The van der Waals surface area contributed by atoms with Crippen LogP contribution in [0.3, 0.4) is 0 Å². The minimum atomic E-state index is -0.652. The topological polar surface area (TPSA) is 76.0 Å². The molecule has 0 unspecified atom stereocenters. The molecular formula is C23H16N2O4S. The van der Waals surface area contributed by atoms with Crippen LogP contribution < -0.4 is 4.90 Å². The number of carbonyl (C=O) groups excluding carboxylic acids is 3. The summed E-state index contributed by atoms with van der Waals surface area (Å²) in [6, 6.07) is 21.9. The van der Waals surface area contributed by atoms with E-state index in [1.54, 1.807) is 36.4 Å². The Hall–Kier alpha value is -3.71. The van der Waals surface area contributed by atoms with E-state index in [2.05, 4.69) is 9.73 Å². The molecule has 0 bridgehead atoms. The number of nitrogens with zero attached hydrogens (tertiary/aromatic N) is 2. The SMILES string of the molecule is COC(=O)C=C1SC(=NC(=O)c2ccc3ccccc3c2)N(c2ccccc2)C1=O. The van der Waals surface area contributed by atoms with E-state index >= 15 is 0 Å². The van der Waals surface area contributed by atoms with Gasteiger partial charge in [-0.05, 0) is 46.8 Å². The Bertz CT molecular complexity index is 1220. The number of para-hydroxylation sites is 1. The van der Waals surface area contributed by atoms with Gasteiger partial charge in [0.15, 0.2) is 5.17 Å². The minimum Gasteiger partial charge on any atom is -0.466 e. The van der Waals surface area contributed by atoms with Gasteiger partial charge in [-0.1, -0.05) is 48.5 Å². The Morgan fingerprint density at radius 2 is 1.67 bits per heavy atom. The number of ether oxygens (including phenoxy) is 1. The van der Waals surface area contributed by atoms with Gasteiger partial charge in [0.2, 0.25) is 0 Å². The number of amidine groups is 1. The molecule has 1 fully saturated rings. The zero-order valence-corrected chi connectivity index (χ0v) is 16.8. The van der Waals surface area contributed by atoms with Gasteiger partial charge in [0.25, 0.3) is 11.8 Å². The van der Waals surface area contributed by atoms with E-state index in [9.17, 15) is 14.4 Å². The quantitative estimate of drug-likeness (QED) is 0.473. The fourth-order valence-corrected chi connectivity index (χ4v) is 3.93. The standard InChI is InChI=1S/C23H16N2O4S/c1-29-20(26)14-19-22(28)25(18-9-3-2-4-10-18)23(30-19)24-21(27)17-12-11-15-7-5-6-8-16(15)13-17/h2-14H,1H3. The molecule has 1 aliphatic heterocycles. The number of anilines is 1. The van der Waals surface area contributed by atoms with Crippen LogP contribution in [-0.2, 0) is 14.3 Å². The van der Waals surface area contributed by atoms with Crippen molar-refractivity contribution in [2.45, 2.75) is 0 Å². The number of amides is 2. The summed E-state index contributed by atoms with van der Waals surface area (Å²) in [5.74, 6) is -1.57. The van der Waals surface area contributed by atoms with Crippen molar-refractivity contribution >= 4 is 51.2 Å². The number of benzene rings is 3. The number of methoxy groups -OCH3 is 1. The molecule has 1 saturated heterocycles. The van der Waals surface area contributed by atoms with Gasteiger partial charge >= 0.3 is 5.97 Å². The molecule has 1 heterocycles. The van der Waals surface area contributed by atoms with Crippen molar-refractivity contribution in [2.24, 2.45) is 4.99 Å². The molecule has 0 radical (unpaired) electrons. The van der Waals surface area contributed by atoms with E-state index in [4.69, 9.17) is 0 Å². The molecule has 0 aliphatic carbocycles. The number of aliphatic imine (C=N–C) groups is 1. The average molecular weight is 416 g/mol. The van der Waals surface area contributed by atoms with Crippen molar-refractivity contribution in [3.8, 4) is 0 Å². The monoisotopic (exact) mass is 416 g/mol. The van der Waals surface area contributed by atoms with Gasteiger partial charge in [-0.25, -0.2) is 4.79 Å². The third-order valence-electron chi connectivity index (χ3n) is 4.46. The van der Waals surface area contributed by atoms with Gasteiger partial charge < -0.3 is 4.74 Å². The Morgan fingerprint density at radius 3 is 2.40 bits per heavy atom. The number of rotatable bonds is 3. The molecule has 148 valence electrons.